The van der Waals surface area contributed by atoms with Gasteiger partial charge in [-0.1, -0.05) is 30.3 Å². The predicted molar refractivity (Wildman–Crippen MR) is 82.6 cm³/mol. The number of nitrogens with two attached hydrogens (primary N) is 1. The Hall–Kier alpha value is -2.49. The lowest BCUT2D eigenvalue weighted by molar-refractivity contribution is 0.249. The van der Waals surface area contributed by atoms with Crippen molar-refractivity contribution in [2.24, 2.45) is 0 Å². The molecule has 0 aliphatic heterocycles. The van der Waals surface area contributed by atoms with Gasteiger partial charge in [0, 0.05) is 11.4 Å². The Balaban J connectivity index is 1.98. The zero-order chi connectivity index (χ0) is 14.5. The number of urea groups is 1. The van der Waals surface area contributed by atoms with E-state index < -0.39 is 0 Å². The van der Waals surface area contributed by atoms with Crippen LogP contribution in [0.15, 0.2) is 48.5 Å². The average molecular weight is 269 g/mol. The van der Waals surface area contributed by atoms with Gasteiger partial charge in [-0.25, -0.2) is 4.79 Å². The monoisotopic (exact) mass is 269 g/mol. The van der Waals surface area contributed by atoms with Crippen molar-refractivity contribution < 1.29 is 4.79 Å². The van der Waals surface area contributed by atoms with Crippen LogP contribution < -0.4 is 16.4 Å². The number of carbonyl (C=O) groups excluding carboxylic acids is 1. The molecule has 0 heterocycles. The predicted octanol–water partition coefficient (Wildman–Crippen LogP) is 3.46. The summed E-state index contributed by atoms with van der Waals surface area (Å²) in [6.45, 7) is 3.88. The third-order valence-electron chi connectivity index (χ3n) is 3.18. The quantitative estimate of drug-likeness (QED) is 0.747. The number of carbonyl (C=O) groups is 1. The van der Waals surface area contributed by atoms with Gasteiger partial charge in [0.25, 0.3) is 0 Å². The van der Waals surface area contributed by atoms with Crippen molar-refractivity contribution in [2.75, 3.05) is 11.1 Å². The van der Waals surface area contributed by atoms with Gasteiger partial charge in [0.15, 0.2) is 0 Å². The number of aryl methyl sites for hydroxylation is 1. The van der Waals surface area contributed by atoms with E-state index in [2.05, 4.69) is 10.6 Å². The normalized spacial score (nSPS) is 11.7. The van der Waals surface area contributed by atoms with Gasteiger partial charge in [-0.05, 0) is 43.2 Å². The van der Waals surface area contributed by atoms with Gasteiger partial charge in [-0.2, -0.15) is 0 Å². The first-order valence-electron chi connectivity index (χ1n) is 6.55. The number of nitrogen functional groups attached to an aromatic ring is 1. The van der Waals surface area contributed by atoms with Crippen LogP contribution in [-0.2, 0) is 0 Å². The number of hydrogen-bond donors (Lipinski definition) is 3. The first kappa shape index (κ1) is 13.9. The summed E-state index contributed by atoms with van der Waals surface area (Å²) < 4.78 is 0. The van der Waals surface area contributed by atoms with Crippen LogP contribution in [0.25, 0.3) is 0 Å². The molecule has 0 fully saturated rings. The summed E-state index contributed by atoms with van der Waals surface area (Å²) in [4.78, 5) is 11.9. The summed E-state index contributed by atoms with van der Waals surface area (Å²) in [7, 11) is 0. The molecule has 0 aliphatic carbocycles. The van der Waals surface area contributed by atoms with Crippen LogP contribution in [-0.4, -0.2) is 6.03 Å². The first-order chi connectivity index (χ1) is 9.56. The fourth-order valence-electron chi connectivity index (χ4n) is 1.90. The summed E-state index contributed by atoms with van der Waals surface area (Å²) in [5.41, 5.74) is 9.40. The highest BCUT2D eigenvalue weighted by Gasteiger charge is 2.10. The molecule has 2 rings (SSSR count). The summed E-state index contributed by atoms with van der Waals surface area (Å²) in [6, 6.07) is 14.8. The van der Waals surface area contributed by atoms with Crippen molar-refractivity contribution >= 4 is 17.4 Å². The molecule has 2 amide bonds. The highest BCUT2D eigenvalue weighted by molar-refractivity contribution is 5.89. The number of amides is 2. The van der Waals surface area contributed by atoms with Crippen LogP contribution in [0.3, 0.4) is 0 Å². The Kier molecular flexibility index (Phi) is 4.25. The molecule has 0 aliphatic rings. The van der Waals surface area contributed by atoms with E-state index in [4.69, 9.17) is 5.73 Å². The molecule has 0 saturated heterocycles. The SMILES string of the molecule is Cc1ccc(C(C)NC(=O)Nc2ccccc2)cc1N. The Labute approximate surface area is 119 Å². The second-order valence-corrected chi connectivity index (χ2v) is 4.80. The highest BCUT2D eigenvalue weighted by Crippen LogP contribution is 2.19. The lowest BCUT2D eigenvalue weighted by Crippen LogP contribution is -2.31. The van der Waals surface area contributed by atoms with Crippen molar-refractivity contribution in [3.8, 4) is 0 Å². The van der Waals surface area contributed by atoms with Gasteiger partial charge >= 0.3 is 6.03 Å². The van der Waals surface area contributed by atoms with Gasteiger partial charge in [0.05, 0.1) is 6.04 Å². The van der Waals surface area contributed by atoms with Gasteiger partial charge in [-0.3, -0.25) is 0 Å². The summed E-state index contributed by atoms with van der Waals surface area (Å²) in [6.07, 6.45) is 0. The number of anilines is 2. The minimum absolute atomic E-state index is 0.110. The molecule has 0 spiro atoms. The third-order valence-corrected chi connectivity index (χ3v) is 3.18. The minimum Gasteiger partial charge on any atom is -0.399 e. The molecule has 4 heteroatoms. The minimum atomic E-state index is -0.233. The fourth-order valence-corrected chi connectivity index (χ4v) is 1.90. The zero-order valence-corrected chi connectivity index (χ0v) is 11.7. The molecule has 0 aromatic heterocycles. The van der Waals surface area contributed by atoms with Crippen LogP contribution in [0, 0.1) is 6.92 Å². The number of benzene rings is 2. The standard InChI is InChI=1S/C16H19N3O/c1-11-8-9-13(10-15(11)17)12(2)18-16(20)19-14-6-4-3-5-7-14/h3-10,12H,17H2,1-2H3,(H2,18,19,20). The van der Waals surface area contributed by atoms with Gasteiger partial charge < -0.3 is 16.4 Å². The van der Waals surface area contributed by atoms with E-state index in [1.54, 1.807) is 0 Å². The molecule has 0 radical (unpaired) electrons. The number of nitrogens with one attached hydrogen (secondary N) is 2. The maximum atomic E-state index is 11.9. The molecule has 4 N–H and O–H groups in total. The Morgan fingerprint density at radius 2 is 1.85 bits per heavy atom. The summed E-state index contributed by atoms with van der Waals surface area (Å²) >= 11 is 0. The molecular formula is C16H19N3O. The third kappa shape index (κ3) is 3.51. The van der Waals surface area contributed by atoms with E-state index in [0.29, 0.717) is 0 Å². The van der Waals surface area contributed by atoms with Crippen molar-refractivity contribution in [3.05, 3.63) is 59.7 Å². The molecule has 104 valence electrons. The van der Waals surface area contributed by atoms with E-state index >= 15 is 0 Å². The fraction of sp³-hybridized carbons (Fsp3) is 0.188. The van der Waals surface area contributed by atoms with Gasteiger partial charge in [0.1, 0.15) is 0 Å². The summed E-state index contributed by atoms with van der Waals surface area (Å²) in [5.74, 6) is 0. The lowest BCUT2D eigenvalue weighted by Gasteiger charge is -2.16. The second kappa shape index (κ2) is 6.10. The van der Waals surface area contributed by atoms with E-state index in [9.17, 15) is 4.79 Å². The number of para-hydroxylation sites is 1. The Morgan fingerprint density at radius 1 is 1.15 bits per heavy atom. The van der Waals surface area contributed by atoms with Crippen molar-refractivity contribution in [2.45, 2.75) is 19.9 Å². The first-order valence-corrected chi connectivity index (χ1v) is 6.55. The summed E-state index contributed by atoms with van der Waals surface area (Å²) in [5, 5.41) is 5.67. The molecule has 2 aromatic carbocycles. The van der Waals surface area contributed by atoms with Gasteiger partial charge in [0.2, 0.25) is 0 Å². The van der Waals surface area contributed by atoms with Crippen molar-refractivity contribution in [1.82, 2.24) is 5.32 Å². The number of hydrogen-bond acceptors (Lipinski definition) is 2. The van der Waals surface area contributed by atoms with Crippen LogP contribution in [0.1, 0.15) is 24.1 Å². The second-order valence-electron chi connectivity index (χ2n) is 4.80. The zero-order valence-electron chi connectivity index (χ0n) is 11.7. The lowest BCUT2D eigenvalue weighted by atomic mass is 10.1. The topological polar surface area (TPSA) is 67.2 Å². The molecule has 4 nitrogen and oxygen atoms in total. The average Bonchev–Trinajstić information content (AvgIpc) is 2.42. The molecular weight excluding hydrogens is 250 g/mol. The van der Waals surface area contributed by atoms with E-state index in [0.717, 1.165) is 22.5 Å². The molecule has 2 aromatic rings. The smallest absolute Gasteiger partial charge is 0.319 e. The Bertz CT molecular complexity index is 596. The van der Waals surface area contributed by atoms with E-state index in [1.165, 1.54) is 0 Å². The maximum absolute atomic E-state index is 11.9. The van der Waals surface area contributed by atoms with Crippen molar-refractivity contribution in [3.63, 3.8) is 0 Å². The van der Waals surface area contributed by atoms with E-state index in [-0.39, 0.29) is 12.1 Å². The van der Waals surface area contributed by atoms with Crippen LogP contribution in [0.4, 0.5) is 16.2 Å². The maximum Gasteiger partial charge on any atom is 0.319 e. The van der Waals surface area contributed by atoms with Crippen LogP contribution in [0.2, 0.25) is 0 Å². The highest BCUT2D eigenvalue weighted by atomic mass is 16.2. The molecule has 0 bridgehead atoms. The molecule has 1 unspecified atom stereocenters. The molecule has 20 heavy (non-hydrogen) atoms. The largest absolute Gasteiger partial charge is 0.399 e. The van der Waals surface area contributed by atoms with Crippen LogP contribution in [0.5, 0.6) is 0 Å². The van der Waals surface area contributed by atoms with Crippen molar-refractivity contribution in [1.29, 1.82) is 0 Å². The van der Waals surface area contributed by atoms with E-state index in [1.807, 2.05) is 62.4 Å². The molecule has 1 atom stereocenters. The van der Waals surface area contributed by atoms with Gasteiger partial charge in [-0.15, -0.1) is 0 Å². The molecule has 0 saturated carbocycles. The van der Waals surface area contributed by atoms with Crippen LogP contribution >= 0.6 is 0 Å². The Morgan fingerprint density at radius 3 is 2.50 bits per heavy atom. The number of rotatable bonds is 3.